The van der Waals surface area contributed by atoms with Crippen LogP contribution in [0.5, 0.6) is 0 Å². The number of ether oxygens (including phenoxy) is 2. The first-order chi connectivity index (χ1) is 17.6. The number of methoxy groups -OCH3 is 1. The summed E-state index contributed by atoms with van der Waals surface area (Å²) in [6.07, 6.45) is 2.08. The number of nitrogens with one attached hydrogen (secondary N) is 4. The summed E-state index contributed by atoms with van der Waals surface area (Å²) >= 11 is 0. The number of hydrogen-bond acceptors (Lipinski definition) is 6. The number of aliphatic hydroxyl groups is 1. The lowest BCUT2D eigenvalue weighted by Crippen LogP contribution is -2.47. The summed E-state index contributed by atoms with van der Waals surface area (Å²) in [4.78, 5) is 12.3. The predicted octanol–water partition coefficient (Wildman–Crippen LogP) is 3.12. The van der Waals surface area contributed by atoms with E-state index in [9.17, 15) is 27.5 Å². The van der Waals surface area contributed by atoms with Crippen LogP contribution in [0.15, 0.2) is 35.8 Å². The van der Waals surface area contributed by atoms with Crippen LogP contribution in [-0.2, 0) is 9.47 Å². The molecule has 8 atom stereocenters. The average molecular weight is 533 g/mol. The number of aliphatic hydroxyl groups excluding tert-OH is 1. The molecular weight excluding hydrogens is 496 g/mol. The van der Waals surface area contributed by atoms with Crippen molar-refractivity contribution in [3.8, 4) is 0 Å². The van der Waals surface area contributed by atoms with E-state index in [4.69, 9.17) is 9.47 Å². The van der Waals surface area contributed by atoms with Crippen LogP contribution in [-0.4, -0.2) is 67.7 Å². The van der Waals surface area contributed by atoms with Gasteiger partial charge in [0.2, 0.25) is 0 Å². The van der Waals surface area contributed by atoms with E-state index in [0.29, 0.717) is 31.5 Å². The van der Waals surface area contributed by atoms with Crippen molar-refractivity contribution >= 4 is 6.03 Å². The molecule has 1 fully saturated rings. The van der Waals surface area contributed by atoms with Gasteiger partial charge in [0.15, 0.2) is 6.29 Å². The summed E-state index contributed by atoms with van der Waals surface area (Å²) in [6, 6.07) is -0.254. The third-order valence-electron chi connectivity index (χ3n) is 7.60. The number of carbonyl (C=O) groups is 1. The van der Waals surface area contributed by atoms with Crippen LogP contribution in [0.2, 0.25) is 0 Å². The average Bonchev–Trinajstić information content (AvgIpc) is 3.36. The summed E-state index contributed by atoms with van der Waals surface area (Å²) in [6.45, 7) is 0.695. The lowest BCUT2D eigenvalue weighted by Gasteiger charge is -2.33. The largest absolute Gasteiger partial charge is 0.394 e. The van der Waals surface area contributed by atoms with Gasteiger partial charge in [-0.15, -0.1) is 0 Å². The number of rotatable bonds is 7. The van der Waals surface area contributed by atoms with Crippen LogP contribution in [0, 0.1) is 11.8 Å². The van der Waals surface area contributed by atoms with Crippen molar-refractivity contribution in [2.75, 3.05) is 13.7 Å². The van der Waals surface area contributed by atoms with Crippen molar-refractivity contribution < 1.29 is 36.9 Å². The molecule has 0 radical (unpaired) electrons. The number of amides is 2. The quantitative estimate of drug-likeness (QED) is 0.255. The normalized spacial score (nSPS) is 35.2. The summed E-state index contributed by atoms with van der Waals surface area (Å²) in [5.74, 6) is -2.05. The summed E-state index contributed by atoms with van der Waals surface area (Å²) in [5, 5.41) is 21.9. The Kier molecular flexibility index (Phi) is 9.15. The van der Waals surface area contributed by atoms with Gasteiger partial charge in [0.05, 0.1) is 18.1 Å². The van der Waals surface area contributed by atoms with Gasteiger partial charge < -0.3 is 35.8 Å². The molecule has 8 nitrogen and oxygen atoms in total. The van der Waals surface area contributed by atoms with Gasteiger partial charge in [0.1, 0.15) is 6.17 Å². The molecule has 2 heterocycles. The highest BCUT2D eigenvalue weighted by atomic mass is 19.4. The minimum atomic E-state index is -4.65. The van der Waals surface area contributed by atoms with Crippen LogP contribution in [0.25, 0.3) is 0 Å². The predicted molar refractivity (Wildman–Crippen MR) is 128 cm³/mol. The number of allylic oxidation sites excluding steroid dienone is 3. The van der Waals surface area contributed by atoms with E-state index in [0.717, 1.165) is 12.8 Å². The van der Waals surface area contributed by atoms with Crippen LogP contribution in [0.3, 0.4) is 0 Å². The standard InChI is InChI=1S/C25H36F4N4O4/c1-36-23(34)14-10-21(31-13-14)22-12-18(8-9-30-22)37-17-5-2-15(3-6-17)32-24(35)33-16-4-7-20(26)19(11-16)25(27,28)29/h2,4,8-9,14,17-23,30-31,34H,3,5-7,10-13H2,1H3,(H2,32,33,35)/t14-,17-,18-,19-,20+,21-,22+,23+/m1/s1. The van der Waals surface area contributed by atoms with Gasteiger partial charge >= 0.3 is 12.2 Å². The Morgan fingerprint density at radius 3 is 2.62 bits per heavy atom. The van der Waals surface area contributed by atoms with Crippen molar-refractivity contribution in [3.63, 3.8) is 0 Å². The topological polar surface area (TPSA) is 104 Å². The van der Waals surface area contributed by atoms with Gasteiger partial charge in [0.25, 0.3) is 0 Å². The van der Waals surface area contributed by atoms with E-state index in [1.54, 1.807) is 0 Å². The minimum absolute atomic E-state index is 0.0169. The fraction of sp³-hybridized carbons (Fsp3) is 0.720. The van der Waals surface area contributed by atoms with Crippen LogP contribution >= 0.6 is 0 Å². The number of halogens is 4. The Morgan fingerprint density at radius 1 is 1.16 bits per heavy atom. The second-order valence-electron chi connectivity index (χ2n) is 10.2. The van der Waals surface area contributed by atoms with Crippen molar-refractivity contribution in [2.45, 2.75) is 87.9 Å². The first kappa shape index (κ1) is 27.9. The Balaban J connectivity index is 1.20. The maximum absolute atomic E-state index is 13.7. The van der Waals surface area contributed by atoms with E-state index in [-0.39, 0.29) is 42.3 Å². The Hall–Kier alpha value is -2.15. The molecule has 4 aliphatic rings. The molecule has 0 unspecified atom stereocenters. The zero-order valence-electron chi connectivity index (χ0n) is 20.8. The zero-order valence-corrected chi connectivity index (χ0v) is 20.8. The molecule has 5 N–H and O–H groups in total. The van der Waals surface area contributed by atoms with E-state index in [1.807, 2.05) is 18.4 Å². The first-order valence-electron chi connectivity index (χ1n) is 12.8. The van der Waals surface area contributed by atoms with E-state index >= 15 is 0 Å². The van der Waals surface area contributed by atoms with E-state index < -0.39 is 37.0 Å². The first-order valence-corrected chi connectivity index (χ1v) is 12.8. The molecule has 2 aliphatic heterocycles. The van der Waals surface area contributed by atoms with Crippen LogP contribution < -0.4 is 21.3 Å². The molecule has 0 aromatic heterocycles. The lowest BCUT2D eigenvalue weighted by molar-refractivity contribution is -0.191. The molecule has 4 rings (SSSR count). The summed E-state index contributed by atoms with van der Waals surface area (Å²) in [5.41, 5.74) is 0.763. The highest BCUT2D eigenvalue weighted by molar-refractivity contribution is 5.77. The molecule has 0 bridgehead atoms. The van der Waals surface area contributed by atoms with Crippen molar-refractivity contribution in [2.24, 2.45) is 11.8 Å². The van der Waals surface area contributed by atoms with Crippen LogP contribution in [0.1, 0.15) is 44.9 Å². The lowest BCUT2D eigenvalue weighted by atomic mass is 9.90. The zero-order chi connectivity index (χ0) is 26.6. The molecular formula is C25H36F4N4O4. The Morgan fingerprint density at radius 2 is 1.92 bits per heavy atom. The minimum Gasteiger partial charge on any atom is -0.387 e. The third kappa shape index (κ3) is 7.46. The number of carbonyl (C=O) groups excluding carboxylic acids is 1. The van der Waals surface area contributed by atoms with Gasteiger partial charge in [0, 0.05) is 49.5 Å². The highest BCUT2D eigenvalue weighted by Crippen LogP contribution is 2.38. The molecule has 0 aromatic carbocycles. The van der Waals surface area contributed by atoms with Crippen molar-refractivity contribution in [3.05, 3.63) is 35.8 Å². The number of hydrogen-bond donors (Lipinski definition) is 5. The van der Waals surface area contributed by atoms with Gasteiger partial charge in [-0.1, -0.05) is 12.2 Å². The molecule has 37 heavy (non-hydrogen) atoms. The fourth-order valence-corrected chi connectivity index (χ4v) is 5.48. The third-order valence-corrected chi connectivity index (χ3v) is 7.60. The highest BCUT2D eigenvalue weighted by Gasteiger charge is 2.46. The number of urea groups is 1. The molecule has 2 aliphatic carbocycles. The fourth-order valence-electron chi connectivity index (χ4n) is 5.48. The van der Waals surface area contributed by atoms with Gasteiger partial charge in [-0.25, -0.2) is 9.18 Å². The molecule has 2 amide bonds. The molecule has 208 valence electrons. The van der Waals surface area contributed by atoms with E-state index in [1.165, 1.54) is 13.2 Å². The molecule has 0 aromatic rings. The molecule has 12 heteroatoms. The Bertz CT molecular complexity index is 896. The maximum Gasteiger partial charge on any atom is 0.394 e. The van der Waals surface area contributed by atoms with E-state index in [2.05, 4.69) is 21.3 Å². The van der Waals surface area contributed by atoms with Crippen molar-refractivity contribution in [1.82, 2.24) is 21.3 Å². The smallest absolute Gasteiger partial charge is 0.387 e. The SMILES string of the molecule is CO[C@H](O)[C@H]1CN[C@@H]([C@@H]2C[C@H](O[C@@H]3CC=C(NC(=O)NC4=CC[C@H](F)[C@H](C(F)(F)F)C4)CC3)C=CN2)C1. The second-order valence-corrected chi connectivity index (χ2v) is 10.2. The Labute approximate surface area is 213 Å². The number of alkyl halides is 4. The second kappa shape index (κ2) is 12.1. The molecule has 1 saturated heterocycles. The maximum atomic E-state index is 13.7. The van der Waals surface area contributed by atoms with Gasteiger partial charge in [-0.2, -0.15) is 13.2 Å². The molecule has 0 saturated carbocycles. The molecule has 0 spiro atoms. The van der Waals surface area contributed by atoms with Gasteiger partial charge in [-0.05, 0) is 50.8 Å². The van der Waals surface area contributed by atoms with Crippen LogP contribution in [0.4, 0.5) is 22.4 Å². The van der Waals surface area contributed by atoms with Gasteiger partial charge in [-0.3, -0.25) is 0 Å². The monoisotopic (exact) mass is 532 g/mol. The summed E-state index contributed by atoms with van der Waals surface area (Å²) in [7, 11) is 1.50. The summed E-state index contributed by atoms with van der Waals surface area (Å²) < 4.78 is 64.0. The van der Waals surface area contributed by atoms with Crippen molar-refractivity contribution in [1.29, 1.82) is 0 Å².